The second-order valence-corrected chi connectivity index (χ2v) is 7.52. The molecule has 0 amide bonds. The Kier molecular flexibility index (Phi) is 6.53. The molecule has 1 aromatic heterocycles. The first kappa shape index (κ1) is 19.9. The maximum atomic E-state index is 6.29. The molecule has 2 aromatic rings. The van der Waals surface area contributed by atoms with E-state index in [9.17, 15) is 0 Å². The standard InChI is InChI=1S/C21H23Cl2N3O/c1-3-17(11-24)27-19-12-25-20(15-6-9-18(23)13(2)10-15)21(26-19)14-4-7-16(22)8-5-14/h4-10,12-13,17-18H,3,11,24H2,1-2H3. The lowest BCUT2D eigenvalue weighted by atomic mass is 9.93. The van der Waals surface area contributed by atoms with Gasteiger partial charge in [-0.25, -0.2) is 9.97 Å². The molecule has 1 aliphatic rings. The van der Waals surface area contributed by atoms with Crippen LogP contribution in [-0.2, 0) is 0 Å². The van der Waals surface area contributed by atoms with Gasteiger partial charge in [0.25, 0.3) is 0 Å². The zero-order valence-electron chi connectivity index (χ0n) is 15.4. The number of rotatable bonds is 6. The SMILES string of the molecule is CCC(CN)Oc1cnc(C2=CC(C)C(Cl)C=C2)c(-c2ccc(Cl)cc2)n1. The highest BCUT2D eigenvalue weighted by Crippen LogP contribution is 2.33. The molecular weight excluding hydrogens is 381 g/mol. The number of allylic oxidation sites excluding steroid dienone is 4. The van der Waals surface area contributed by atoms with E-state index in [0.29, 0.717) is 17.4 Å². The molecule has 3 unspecified atom stereocenters. The molecule has 1 heterocycles. The van der Waals surface area contributed by atoms with Crippen LogP contribution in [0.1, 0.15) is 26.0 Å². The summed E-state index contributed by atoms with van der Waals surface area (Å²) in [6.07, 6.45) is 8.47. The van der Waals surface area contributed by atoms with Gasteiger partial charge in [0.2, 0.25) is 5.88 Å². The fourth-order valence-electron chi connectivity index (χ4n) is 2.88. The normalized spacial score (nSPS) is 20.3. The minimum Gasteiger partial charge on any atom is -0.472 e. The number of nitrogens with two attached hydrogens (primary N) is 1. The first-order chi connectivity index (χ1) is 13.0. The molecule has 3 rings (SSSR count). The second kappa shape index (κ2) is 8.87. The lowest BCUT2D eigenvalue weighted by Crippen LogP contribution is -2.26. The molecule has 0 spiro atoms. The van der Waals surface area contributed by atoms with Crippen molar-refractivity contribution in [3.8, 4) is 17.1 Å². The first-order valence-electron chi connectivity index (χ1n) is 9.06. The second-order valence-electron chi connectivity index (χ2n) is 6.58. The van der Waals surface area contributed by atoms with E-state index in [0.717, 1.165) is 28.9 Å². The number of benzene rings is 1. The van der Waals surface area contributed by atoms with Gasteiger partial charge < -0.3 is 10.5 Å². The van der Waals surface area contributed by atoms with Crippen molar-refractivity contribution in [1.29, 1.82) is 0 Å². The van der Waals surface area contributed by atoms with Gasteiger partial charge in [-0.05, 0) is 30.0 Å². The topological polar surface area (TPSA) is 61.0 Å². The van der Waals surface area contributed by atoms with Gasteiger partial charge in [-0.2, -0.15) is 0 Å². The van der Waals surface area contributed by atoms with Gasteiger partial charge in [0.15, 0.2) is 0 Å². The number of hydrogen-bond acceptors (Lipinski definition) is 4. The van der Waals surface area contributed by atoms with E-state index in [-0.39, 0.29) is 17.4 Å². The molecule has 4 nitrogen and oxygen atoms in total. The summed E-state index contributed by atoms with van der Waals surface area (Å²) in [5.41, 5.74) is 9.20. The van der Waals surface area contributed by atoms with Gasteiger partial charge in [-0.1, -0.05) is 55.8 Å². The summed E-state index contributed by atoms with van der Waals surface area (Å²) in [5, 5.41) is 0.656. The highest BCUT2D eigenvalue weighted by Gasteiger charge is 2.20. The Labute approximate surface area is 170 Å². The van der Waals surface area contributed by atoms with Crippen LogP contribution in [0.25, 0.3) is 16.8 Å². The minimum atomic E-state index is -0.0889. The summed E-state index contributed by atoms with van der Waals surface area (Å²) in [7, 11) is 0. The quantitative estimate of drug-likeness (QED) is 0.680. The number of aromatic nitrogens is 2. The van der Waals surface area contributed by atoms with E-state index < -0.39 is 0 Å². The van der Waals surface area contributed by atoms with Crippen molar-refractivity contribution < 1.29 is 4.74 Å². The number of hydrogen-bond donors (Lipinski definition) is 1. The van der Waals surface area contributed by atoms with Gasteiger partial charge in [0.05, 0.1) is 17.3 Å². The van der Waals surface area contributed by atoms with Crippen LogP contribution >= 0.6 is 23.2 Å². The Morgan fingerprint density at radius 3 is 2.59 bits per heavy atom. The third-order valence-corrected chi connectivity index (χ3v) is 5.35. The molecule has 1 aliphatic carbocycles. The van der Waals surface area contributed by atoms with Gasteiger partial charge in [-0.15, -0.1) is 11.6 Å². The van der Waals surface area contributed by atoms with Crippen LogP contribution in [0.15, 0.2) is 48.7 Å². The zero-order chi connectivity index (χ0) is 19.4. The van der Waals surface area contributed by atoms with E-state index in [1.54, 1.807) is 6.20 Å². The van der Waals surface area contributed by atoms with E-state index in [1.165, 1.54) is 0 Å². The fourth-order valence-corrected chi connectivity index (χ4v) is 3.15. The fraction of sp³-hybridized carbons (Fsp3) is 0.333. The largest absolute Gasteiger partial charge is 0.472 e. The average molecular weight is 404 g/mol. The molecule has 0 fully saturated rings. The Hall–Kier alpha value is -1.88. The maximum absolute atomic E-state index is 6.29. The predicted molar refractivity (Wildman–Crippen MR) is 112 cm³/mol. The van der Waals surface area contributed by atoms with Crippen molar-refractivity contribution in [3.63, 3.8) is 0 Å². The molecule has 0 aliphatic heterocycles. The van der Waals surface area contributed by atoms with Crippen molar-refractivity contribution in [2.45, 2.75) is 31.7 Å². The van der Waals surface area contributed by atoms with Gasteiger partial charge >= 0.3 is 0 Å². The molecule has 27 heavy (non-hydrogen) atoms. The van der Waals surface area contributed by atoms with Gasteiger partial charge in [-0.3, -0.25) is 0 Å². The van der Waals surface area contributed by atoms with Crippen molar-refractivity contribution in [2.75, 3.05) is 6.54 Å². The molecule has 0 saturated carbocycles. The highest BCUT2D eigenvalue weighted by atomic mass is 35.5. The van der Waals surface area contributed by atoms with Crippen LogP contribution in [0.2, 0.25) is 5.02 Å². The van der Waals surface area contributed by atoms with E-state index in [2.05, 4.69) is 18.0 Å². The number of halogens is 2. The van der Waals surface area contributed by atoms with Gasteiger partial charge in [0.1, 0.15) is 11.8 Å². The monoisotopic (exact) mass is 403 g/mol. The number of alkyl halides is 1. The Morgan fingerprint density at radius 1 is 1.22 bits per heavy atom. The smallest absolute Gasteiger partial charge is 0.233 e. The van der Waals surface area contributed by atoms with E-state index in [1.807, 2.05) is 43.3 Å². The summed E-state index contributed by atoms with van der Waals surface area (Å²) in [6, 6.07) is 7.54. The van der Waals surface area contributed by atoms with Crippen LogP contribution in [0.5, 0.6) is 5.88 Å². The molecular formula is C21H23Cl2N3O. The highest BCUT2D eigenvalue weighted by molar-refractivity contribution is 6.30. The summed E-state index contributed by atoms with van der Waals surface area (Å²) >= 11 is 12.3. The Balaban J connectivity index is 2.06. The summed E-state index contributed by atoms with van der Waals surface area (Å²) in [6.45, 7) is 4.54. The third-order valence-electron chi connectivity index (χ3n) is 4.55. The van der Waals surface area contributed by atoms with Crippen molar-refractivity contribution >= 4 is 28.8 Å². The number of ether oxygens (including phenoxy) is 1. The number of nitrogens with zero attached hydrogens (tertiary/aromatic N) is 2. The lowest BCUT2D eigenvalue weighted by molar-refractivity contribution is 0.196. The van der Waals surface area contributed by atoms with Gasteiger partial charge in [0, 0.05) is 17.1 Å². The molecule has 0 radical (unpaired) electrons. The summed E-state index contributed by atoms with van der Waals surface area (Å²) in [4.78, 5) is 9.39. The van der Waals surface area contributed by atoms with Crippen LogP contribution in [-0.4, -0.2) is 28.0 Å². The van der Waals surface area contributed by atoms with Crippen molar-refractivity contribution in [2.24, 2.45) is 11.7 Å². The summed E-state index contributed by atoms with van der Waals surface area (Å²) < 4.78 is 5.90. The van der Waals surface area contributed by atoms with Crippen LogP contribution in [0.3, 0.4) is 0 Å². The van der Waals surface area contributed by atoms with Crippen LogP contribution in [0, 0.1) is 5.92 Å². The third kappa shape index (κ3) is 4.70. The lowest BCUT2D eigenvalue weighted by Gasteiger charge is -2.20. The maximum Gasteiger partial charge on any atom is 0.233 e. The Morgan fingerprint density at radius 2 is 1.96 bits per heavy atom. The van der Waals surface area contributed by atoms with Crippen molar-refractivity contribution in [1.82, 2.24) is 9.97 Å². The molecule has 142 valence electrons. The van der Waals surface area contributed by atoms with Crippen molar-refractivity contribution in [3.05, 3.63) is 59.4 Å². The molecule has 0 bridgehead atoms. The average Bonchev–Trinajstić information content (AvgIpc) is 2.69. The van der Waals surface area contributed by atoms with Crippen LogP contribution in [0.4, 0.5) is 0 Å². The van der Waals surface area contributed by atoms with E-state index in [4.69, 9.17) is 38.7 Å². The van der Waals surface area contributed by atoms with Crippen LogP contribution < -0.4 is 10.5 Å². The predicted octanol–water partition coefficient (Wildman–Crippen LogP) is 5.11. The minimum absolute atomic E-state index is 0.0156. The molecule has 2 N–H and O–H groups in total. The first-order valence-corrected chi connectivity index (χ1v) is 9.87. The molecule has 1 aromatic carbocycles. The zero-order valence-corrected chi connectivity index (χ0v) is 16.9. The molecule has 3 atom stereocenters. The molecule has 0 saturated heterocycles. The summed E-state index contributed by atoms with van der Waals surface area (Å²) in [5.74, 6) is 0.675. The van der Waals surface area contributed by atoms with E-state index >= 15 is 0 Å². The molecule has 6 heteroatoms. The Bertz CT molecular complexity index is 845.